The highest BCUT2D eigenvalue weighted by atomic mass is 32.2. The molecule has 0 unspecified atom stereocenters. The summed E-state index contributed by atoms with van der Waals surface area (Å²) in [6.07, 6.45) is 4.53. The summed E-state index contributed by atoms with van der Waals surface area (Å²) < 4.78 is 34.8. The summed E-state index contributed by atoms with van der Waals surface area (Å²) in [6.45, 7) is 0. The highest BCUT2D eigenvalue weighted by molar-refractivity contribution is 7.99. The van der Waals surface area contributed by atoms with Gasteiger partial charge in [-0.25, -0.2) is 8.78 Å². The Balaban J connectivity index is 1.77. The molecule has 1 fully saturated rings. The highest BCUT2D eigenvalue weighted by Gasteiger charge is 2.21. The second-order valence-electron chi connectivity index (χ2n) is 6.63. The highest BCUT2D eigenvalue weighted by Crippen LogP contribution is 2.37. The summed E-state index contributed by atoms with van der Waals surface area (Å²) in [5.74, 6) is -0.979. The number of carboxylic acid groups (broad SMARTS) is 1. The van der Waals surface area contributed by atoms with Crippen LogP contribution in [0.2, 0.25) is 0 Å². The van der Waals surface area contributed by atoms with E-state index in [0.717, 1.165) is 25.7 Å². The Hall–Kier alpha value is -2.08. The molecule has 0 radical (unpaired) electrons. The maximum absolute atomic E-state index is 14.5. The first kappa shape index (κ1) is 19.7. The first-order chi connectivity index (χ1) is 13.0. The van der Waals surface area contributed by atoms with Crippen LogP contribution in [0.25, 0.3) is 11.1 Å². The number of halogens is 2. The van der Waals surface area contributed by atoms with Gasteiger partial charge in [-0.15, -0.1) is 11.8 Å². The van der Waals surface area contributed by atoms with E-state index in [1.54, 1.807) is 24.3 Å². The Morgan fingerprint density at radius 2 is 1.93 bits per heavy atom. The lowest BCUT2D eigenvalue weighted by molar-refractivity contribution is -0.137. The van der Waals surface area contributed by atoms with Gasteiger partial charge in [0.1, 0.15) is 5.82 Å². The number of thioether (sulfide) groups is 1. The largest absolute Gasteiger partial charge is 0.487 e. The smallest absolute Gasteiger partial charge is 0.303 e. The second kappa shape index (κ2) is 9.22. The minimum atomic E-state index is -0.854. The summed E-state index contributed by atoms with van der Waals surface area (Å²) in [6, 6.07) is 9.48. The molecule has 0 amide bonds. The minimum absolute atomic E-state index is 0.00885. The van der Waals surface area contributed by atoms with Gasteiger partial charge in [-0.05, 0) is 61.6 Å². The quantitative estimate of drug-likeness (QED) is 0.448. The lowest BCUT2D eigenvalue weighted by Gasteiger charge is -2.17. The van der Waals surface area contributed by atoms with Crippen molar-refractivity contribution in [1.82, 2.24) is 0 Å². The van der Waals surface area contributed by atoms with Gasteiger partial charge in [-0.1, -0.05) is 18.2 Å². The molecule has 0 heterocycles. The van der Waals surface area contributed by atoms with E-state index >= 15 is 0 Å². The molecule has 0 spiro atoms. The fourth-order valence-corrected chi connectivity index (χ4v) is 4.09. The Morgan fingerprint density at radius 1 is 1.15 bits per heavy atom. The van der Waals surface area contributed by atoms with E-state index in [9.17, 15) is 13.6 Å². The summed E-state index contributed by atoms with van der Waals surface area (Å²) in [7, 11) is 0. The van der Waals surface area contributed by atoms with Crippen LogP contribution in [0.5, 0.6) is 5.75 Å². The number of ether oxygens (including phenoxy) is 1. The van der Waals surface area contributed by atoms with Crippen LogP contribution in [0.1, 0.15) is 38.5 Å². The summed E-state index contributed by atoms with van der Waals surface area (Å²) in [5, 5.41) is 8.65. The molecule has 27 heavy (non-hydrogen) atoms. The van der Waals surface area contributed by atoms with Crippen LogP contribution in [-0.4, -0.2) is 22.9 Å². The van der Waals surface area contributed by atoms with Crippen molar-refractivity contribution in [3.05, 3.63) is 48.0 Å². The van der Waals surface area contributed by atoms with Crippen molar-refractivity contribution in [2.45, 2.75) is 49.5 Å². The van der Waals surface area contributed by atoms with Crippen molar-refractivity contribution in [1.29, 1.82) is 0 Å². The van der Waals surface area contributed by atoms with Crippen molar-refractivity contribution in [3.8, 4) is 16.9 Å². The molecule has 0 bridgehead atoms. The van der Waals surface area contributed by atoms with Crippen LogP contribution in [0.4, 0.5) is 8.78 Å². The molecule has 1 aliphatic carbocycles. The summed E-state index contributed by atoms with van der Waals surface area (Å²) >= 11 is 1.28. The van der Waals surface area contributed by atoms with E-state index in [4.69, 9.17) is 9.84 Å². The van der Waals surface area contributed by atoms with Crippen molar-refractivity contribution in [2.75, 3.05) is 5.75 Å². The molecule has 0 atom stereocenters. The van der Waals surface area contributed by atoms with E-state index in [0.29, 0.717) is 28.2 Å². The van der Waals surface area contributed by atoms with Crippen LogP contribution in [0, 0.1) is 11.6 Å². The number of rotatable bonds is 8. The average molecular weight is 392 g/mol. The molecular weight excluding hydrogens is 370 g/mol. The molecule has 1 N–H and O–H groups in total. The normalized spacial score (nSPS) is 14.4. The number of hydrogen-bond donors (Lipinski definition) is 1. The lowest BCUT2D eigenvalue weighted by atomic mass is 10.0. The number of carboxylic acids is 1. The van der Waals surface area contributed by atoms with Crippen LogP contribution in [-0.2, 0) is 4.79 Å². The SMILES string of the molecule is O=C(O)CCCSc1ccc(-c2cccc(F)c2OC2CCCC2)cc1F. The van der Waals surface area contributed by atoms with E-state index in [1.165, 1.54) is 23.9 Å². The van der Waals surface area contributed by atoms with Crippen LogP contribution in [0.3, 0.4) is 0 Å². The third-order valence-corrected chi connectivity index (χ3v) is 5.72. The van der Waals surface area contributed by atoms with Crippen LogP contribution in [0.15, 0.2) is 41.3 Å². The van der Waals surface area contributed by atoms with Gasteiger partial charge in [0.2, 0.25) is 0 Å². The third kappa shape index (κ3) is 5.22. The maximum Gasteiger partial charge on any atom is 0.303 e. The molecule has 144 valence electrons. The summed E-state index contributed by atoms with van der Waals surface area (Å²) in [4.78, 5) is 11.0. The monoisotopic (exact) mass is 392 g/mol. The molecule has 1 aliphatic rings. The van der Waals surface area contributed by atoms with E-state index < -0.39 is 17.6 Å². The van der Waals surface area contributed by atoms with E-state index in [2.05, 4.69) is 0 Å². The van der Waals surface area contributed by atoms with Crippen LogP contribution < -0.4 is 4.74 Å². The number of hydrogen-bond acceptors (Lipinski definition) is 3. The predicted octanol–water partition coefficient (Wildman–Crippen LogP) is 5.91. The van der Waals surface area contributed by atoms with Crippen molar-refractivity contribution in [3.63, 3.8) is 0 Å². The molecular formula is C21H22F2O3S. The van der Waals surface area contributed by atoms with Gasteiger partial charge in [-0.3, -0.25) is 4.79 Å². The first-order valence-electron chi connectivity index (χ1n) is 9.14. The topological polar surface area (TPSA) is 46.5 Å². The van der Waals surface area contributed by atoms with Gasteiger partial charge < -0.3 is 9.84 Å². The predicted molar refractivity (Wildman–Crippen MR) is 102 cm³/mol. The van der Waals surface area contributed by atoms with Gasteiger partial charge in [0.15, 0.2) is 11.6 Å². The molecule has 2 aromatic carbocycles. The Labute approximate surface area is 161 Å². The van der Waals surface area contributed by atoms with Crippen molar-refractivity contribution < 1.29 is 23.4 Å². The Morgan fingerprint density at radius 3 is 2.63 bits per heavy atom. The first-order valence-corrected chi connectivity index (χ1v) is 10.1. The van der Waals surface area contributed by atoms with Crippen molar-refractivity contribution >= 4 is 17.7 Å². The van der Waals surface area contributed by atoms with Crippen LogP contribution >= 0.6 is 11.8 Å². The molecule has 2 aromatic rings. The zero-order valence-electron chi connectivity index (χ0n) is 14.9. The standard InChI is InChI=1S/C21H22F2O3S/c22-17-8-3-7-16(21(17)26-15-5-1-2-6-15)14-10-11-19(18(23)13-14)27-12-4-9-20(24)25/h3,7-8,10-11,13,15H,1-2,4-6,9,12H2,(H,24,25). The fraction of sp³-hybridized carbons (Fsp3) is 0.381. The third-order valence-electron chi connectivity index (χ3n) is 4.59. The summed E-state index contributed by atoms with van der Waals surface area (Å²) in [5.41, 5.74) is 1.11. The number of para-hydroxylation sites is 1. The second-order valence-corrected chi connectivity index (χ2v) is 7.77. The Bertz CT molecular complexity index is 804. The molecule has 3 rings (SSSR count). The fourth-order valence-electron chi connectivity index (χ4n) is 3.22. The number of carbonyl (C=O) groups is 1. The minimum Gasteiger partial charge on any atom is -0.487 e. The van der Waals surface area contributed by atoms with Gasteiger partial charge in [0.25, 0.3) is 0 Å². The van der Waals surface area contributed by atoms with Gasteiger partial charge in [-0.2, -0.15) is 0 Å². The van der Waals surface area contributed by atoms with E-state index in [-0.39, 0.29) is 18.3 Å². The number of aliphatic carboxylic acids is 1. The molecule has 1 saturated carbocycles. The lowest BCUT2D eigenvalue weighted by Crippen LogP contribution is -2.12. The van der Waals surface area contributed by atoms with Gasteiger partial charge >= 0.3 is 5.97 Å². The maximum atomic E-state index is 14.5. The zero-order chi connectivity index (χ0) is 19.2. The van der Waals surface area contributed by atoms with Gasteiger partial charge in [0, 0.05) is 16.9 Å². The molecule has 0 aromatic heterocycles. The molecule has 6 heteroatoms. The Kier molecular flexibility index (Phi) is 6.72. The number of benzene rings is 2. The molecule has 3 nitrogen and oxygen atoms in total. The molecule has 0 aliphatic heterocycles. The average Bonchev–Trinajstić information content (AvgIpc) is 3.14. The van der Waals surface area contributed by atoms with E-state index in [1.807, 2.05) is 0 Å². The molecule has 0 saturated heterocycles. The van der Waals surface area contributed by atoms with Crippen molar-refractivity contribution in [2.24, 2.45) is 0 Å². The zero-order valence-corrected chi connectivity index (χ0v) is 15.7. The van der Waals surface area contributed by atoms with Gasteiger partial charge in [0.05, 0.1) is 6.10 Å².